The van der Waals surface area contributed by atoms with Crippen LogP contribution in [0.25, 0.3) is 0 Å². The van der Waals surface area contributed by atoms with E-state index in [1.54, 1.807) is 7.05 Å². The van der Waals surface area contributed by atoms with Crippen molar-refractivity contribution in [1.29, 1.82) is 0 Å². The number of hydrogen-bond donors (Lipinski definition) is 2. The number of hydroxylamine groups is 2. The zero-order chi connectivity index (χ0) is 17.7. The molecule has 25 heavy (non-hydrogen) atoms. The summed E-state index contributed by atoms with van der Waals surface area (Å²) in [6.07, 6.45) is 1.79. The molecule has 5 nitrogen and oxygen atoms in total. The van der Waals surface area contributed by atoms with Crippen LogP contribution >= 0.6 is 0 Å². The molecule has 0 radical (unpaired) electrons. The van der Waals surface area contributed by atoms with Crippen molar-refractivity contribution in [3.63, 3.8) is 0 Å². The summed E-state index contributed by atoms with van der Waals surface area (Å²) < 4.78 is 0. The molecule has 4 rings (SSSR count). The van der Waals surface area contributed by atoms with Crippen molar-refractivity contribution < 1.29 is 9.94 Å². The molecule has 2 aliphatic rings. The third-order valence-corrected chi connectivity index (χ3v) is 5.24. The fraction of sp³-hybridized carbons (Fsp3) is 0.350. The lowest BCUT2D eigenvalue weighted by atomic mass is 9.72. The van der Waals surface area contributed by atoms with Crippen molar-refractivity contribution in [2.24, 2.45) is 10.7 Å². The Balaban J connectivity index is 1.89. The van der Waals surface area contributed by atoms with Crippen molar-refractivity contribution in [2.75, 3.05) is 7.05 Å². The van der Waals surface area contributed by atoms with E-state index in [9.17, 15) is 5.11 Å². The number of aliphatic imine (C=N–C) groups is 1. The minimum Gasteiger partial charge on any atom is -0.385 e. The topological polar surface area (TPSA) is 71.1 Å². The molecule has 0 fully saturated rings. The van der Waals surface area contributed by atoms with Crippen molar-refractivity contribution in [3.8, 4) is 0 Å². The summed E-state index contributed by atoms with van der Waals surface area (Å²) in [6.45, 7) is 2.12. The molecule has 0 amide bonds. The average molecular weight is 337 g/mol. The van der Waals surface area contributed by atoms with E-state index in [1.165, 1.54) is 10.6 Å². The Labute approximate surface area is 147 Å². The molecule has 5 heteroatoms. The number of hydrogen-bond acceptors (Lipinski definition) is 5. The first-order valence-electron chi connectivity index (χ1n) is 8.64. The maximum atomic E-state index is 11.5. The van der Waals surface area contributed by atoms with Gasteiger partial charge in [0.15, 0.2) is 0 Å². The molecular weight excluding hydrogens is 314 g/mol. The minimum absolute atomic E-state index is 0.324. The summed E-state index contributed by atoms with van der Waals surface area (Å²) in [6, 6.07) is 16.0. The molecule has 0 saturated carbocycles. The van der Waals surface area contributed by atoms with Crippen LogP contribution in [0.5, 0.6) is 0 Å². The molecule has 1 spiro atoms. The predicted molar refractivity (Wildman–Crippen MR) is 96.6 cm³/mol. The number of guanidine groups is 1. The third-order valence-electron chi connectivity index (χ3n) is 5.24. The second-order valence-electron chi connectivity index (χ2n) is 6.94. The Morgan fingerprint density at radius 2 is 2.00 bits per heavy atom. The first-order chi connectivity index (χ1) is 12.0. The minimum atomic E-state index is -1.06. The molecule has 130 valence electrons. The van der Waals surface area contributed by atoms with Gasteiger partial charge in [-0.2, -0.15) is 0 Å². The molecule has 2 aromatic carbocycles. The van der Waals surface area contributed by atoms with E-state index in [-0.39, 0.29) is 0 Å². The molecule has 3 N–H and O–H groups in total. The Morgan fingerprint density at radius 1 is 1.24 bits per heavy atom. The Bertz CT molecular complexity index is 836. The highest BCUT2D eigenvalue weighted by atomic mass is 16.7. The average Bonchev–Trinajstić information content (AvgIpc) is 2.89. The fourth-order valence-electron chi connectivity index (χ4n) is 3.91. The van der Waals surface area contributed by atoms with Crippen molar-refractivity contribution >= 4 is 5.96 Å². The van der Waals surface area contributed by atoms with Crippen LogP contribution in [0, 0.1) is 0 Å². The summed E-state index contributed by atoms with van der Waals surface area (Å²) in [7, 11) is 1.74. The Hall–Kier alpha value is -2.37. The zero-order valence-corrected chi connectivity index (χ0v) is 14.6. The van der Waals surface area contributed by atoms with Crippen LogP contribution < -0.4 is 5.73 Å². The maximum Gasteiger partial charge on any atom is 0.218 e. The first-order valence-corrected chi connectivity index (χ1v) is 8.64. The second kappa shape index (κ2) is 5.58. The number of aliphatic hydroxyl groups is 1. The van der Waals surface area contributed by atoms with E-state index >= 15 is 0 Å². The number of fused-ring (bicyclic) bond motifs is 2. The molecule has 1 aliphatic heterocycles. The van der Waals surface area contributed by atoms with E-state index in [0.29, 0.717) is 18.8 Å². The maximum absolute atomic E-state index is 11.5. The van der Waals surface area contributed by atoms with Gasteiger partial charge >= 0.3 is 0 Å². The molecule has 1 heterocycles. The van der Waals surface area contributed by atoms with Crippen LogP contribution in [0.4, 0.5) is 0 Å². The summed E-state index contributed by atoms with van der Waals surface area (Å²) in [5.74, 6) is 0.324. The van der Waals surface area contributed by atoms with E-state index in [1.807, 2.05) is 30.3 Å². The van der Waals surface area contributed by atoms with Gasteiger partial charge in [0.1, 0.15) is 0 Å². The van der Waals surface area contributed by atoms with E-state index < -0.39 is 11.3 Å². The molecule has 2 aromatic rings. The monoisotopic (exact) mass is 337 g/mol. The van der Waals surface area contributed by atoms with E-state index in [4.69, 9.17) is 10.6 Å². The normalized spacial score (nSPS) is 28.1. The Morgan fingerprint density at radius 3 is 2.64 bits per heavy atom. The van der Waals surface area contributed by atoms with Crippen LogP contribution in [0.15, 0.2) is 53.5 Å². The van der Waals surface area contributed by atoms with Crippen LogP contribution in [-0.4, -0.2) is 23.2 Å². The van der Waals surface area contributed by atoms with Gasteiger partial charge in [-0.15, -0.1) is 0 Å². The van der Waals surface area contributed by atoms with Gasteiger partial charge in [-0.05, 0) is 23.1 Å². The van der Waals surface area contributed by atoms with Crippen LogP contribution in [0.1, 0.15) is 35.6 Å². The summed E-state index contributed by atoms with van der Waals surface area (Å²) >= 11 is 0. The van der Waals surface area contributed by atoms with Crippen LogP contribution in [0.3, 0.4) is 0 Å². The molecular formula is C20H23N3O2. The first kappa shape index (κ1) is 16.1. The molecule has 2 unspecified atom stereocenters. The number of rotatable bonds is 2. The lowest BCUT2D eigenvalue weighted by Gasteiger charge is -2.42. The summed E-state index contributed by atoms with van der Waals surface area (Å²) in [5.41, 5.74) is 8.09. The highest BCUT2D eigenvalue weighted by Gasteiger charge is 2.53. The fourth-order valence-corrected chi connectivity index (χ4v) is 3.91. The van der Waals surface area contributed by atoms with Crippen molar-refractivity contribution in [3.05, 3.63) is 70.8 Å². The standard InChI is InChI=1S/C20H23N3O2/c1-3-14-9-10-15-12-19(24,16-7-5-4-6-8-16)13-20(17(15)11-14)22-18(21)23(2)25-20/h4-11,24H,3,12-13H2,1-2H3,(H2,21,22). The van der Waals surface area contributed by atoms with Crippen molar-refractivity contribution in [2.45, 2.75) is 37.5 Å². The van der Waals surface area contributed by atoms with Gasteiger partial charge in [-0.1, -0.05) is 55.5 Å². The van der Waals surface area contributed by atoms with Crippen molar-refractivity contribution in [1.82, 2.24) is 5.06 Å². The number of benzene rings is 2. The smallest absolute Gasteiger partial charge is 0.218 e. The van der Waals surface area contributed by atoms with E-state index in [2.05, 4.69) is 30.1 Å². The van der Waals surface area contributed by atoms with Gasteiger partial charge in [0.2, 0.25) is 11.7 Å². The predicted octanol–water partition coefficient (Wildman–Crippen LogP) is 2.43. The lowest BCUT2D eigenvalue weighted by molar-refractivity contribution is -0.204. The van der Waals surface area contributed by atoms with Crippen LogP contribution in [-0.2, 0) is 29.0 Å². The SMILES string of the molecule is CCc1ccc2c(c1)C1(CC(O)(c3ccccc3)C2)N=C(N)N(C)O1. The van der Waals surface area contributed by atoms with Gasteiger partial charge < -0.3 is 10.8 Å². The molecule has 0 aromatic heterocycles. The van der Waals surface area contributed by atoms with Crippen LogP contribution in [0.2, 0.25) is 0 Å². The van der Waals surface area contributed by atoms with Gasteiger partial charge in [0.05, 0.1) is 5.60 Å². The highest BCUT2D eigenvalue weighted by molar-refractivity contribution is 5.78. The molecule has 0 bridgehead atoms. The summed E-state index contributed by atoms with van der Waals surface area (Å²) in [5, 5.41) is 13.0. The van der Waals surface area contributed by atoms with Gasteiger partial charge in [-0.3, -0.25) is 0 Å². The summed E-state index contributed by atoms with van der Waals surface area (Å²) in [4.78, 5) is 10.7. The molecule has 0 saturated heterocycles. The molecule has 1 aliphatic carbocycles. The van der Waals surface area contributed by atoms with E-state index in [0.717, 1.165) is 23.1 Å². The number of aryl methyl sites for hydroxylation is 1. The van der Waals surface area contributed by atoms with Gasteiger partial charge in [-0.25, -0.2) is 14.9 Å². The Kier molecular flexibility index (Phi) is 3.60. The number of nitrogens with two attached hydrogens (primary N) is 1. The molecule has 2 atom stereocenters. The number of nitrogens with zero attached hydrogens (tertiary/aromatic N) is 2. The zero-order valence-electron chi connectivity index (χ0n) is 14.6. The second-order valence-corrected chi connectivity index (χ2v) is 6.94. The van der Waals surface area contributed by atoms with Gasteiger partial charge in [0.25, 0.3) is 0 Å². The largest absolute Gasteiger partial charge is 0.385 e. The quantitative estimate of drug-likeness (QED) is 0.883. The highest BCUT2D eigenvalue weighted by Crippen LogP contribution is 2.50. The lowest BCUT2D eigenvalue weighted by Crippen LogP contribution is -2.45. The third kappa shape index (κ3) is 2.51. The van der Waals surface area contributed by atoms with Gasteiger partial charge in [0, 0.05) is 25.5 Å².